The SMILES string of the molecule is C[C@H](N)C(=O)Nc1ccc(F)cc1Nc1ncccn1. The Morgan fingerprint density at radius 2 is 2.00 bits per heavy atom. The molecule has 0 unspecified atom stereocenters. The van der Waals surface area contributed by atoms with E-state index in [0.717, 1.165) is 0 Å². The lowest BCUT2D eigenvalue weighted by atomic mass is 10.2. The Bertz CT molecular complexity index is 603. The van der Waals surface area contributed by atoms with E-state index < -0.39 is 11.9 Å². The topological polar surface area (TPSA) is 92.9 Å². The van der Waals surface area contributed by atoms with Crippen molar-refractivity contribution < 1.29 is 9.18 Å². The van der Waals surface area contributed by atoms with E-state index in [2.05, 4.69) is 20.6 Å². The van der Waals surface area contributed by atoms with Gasteiger partial charge < -0.3 is 16.4 Å². The monoisotopic (exact) mass is 275 g/mol. The first kappa shape index (κ1) is 13.9. The van der Waals surface area contributed by atoms with Gasteiger partial charge in [-0.1, -0.05) is 0 Å². The van der Waals surface area contributed by atoms with Crippen LogP contribution in [0.5, 0.6) is 0 Å². The van der Waals surface area contributed by atoms with Gasteiger partial charge in [-0.25, -0.2) is 14.4 Å². The molecule has 0 aliphatic rings. The molecule has 104 valence electrons. The zero-order valence-electron chi connectivity index (χ0n) is 10.8. The molecular weight excluding hydrogens is 261 g/mol. The molecule has 2 aromatic rings. The standard InChI is InChI=1S/C13H14FN5O/c1-8(15)12(20)18-10-4-3-9(14)7-11(10)19-13-16-5-2-6-17-13/h2-8H,15H2,1H3,(H,18,20)(H,16,17,19)/t8-/m0/s1. The molecule has 1 heterocycles. The van der Waals surface area contributed by atoms with E-state index in [9.17, 15) is 9.18 Å². The van der Waals surface area contributed by atoms with Crippen molar-refractivity contribution in [2.75, 3.05) is 10.6 Å². The average molecular weight is 275 g/mol. The normalized spacial score (nSPS) is 11.8. The van der Waals surface area contributed by atoms with Crippen molar-refractivity contribution in [2.24, 2.45) is 5.73 Å². The lowest BCUT2D eigenvalue weighted by Gasteiger charge is -2.13. The van der Waals surface area contributed by atoms with Gasteiger partial charge >= 0.3 is 0 Å². The number of benzene rings is 1. The Hall–Kier alpha value is -2.54. The molecule has 2 rings (SSSR count). The van der Waals surface area contributed by atoms with E-state index in [1.54, 1.807) is 25.4 Å². The Morgan fingerprint density at radius 1 is 1.30 bits per heavy atom. The minimum Gasteiger partial charge on any atom is -0.323 e. The summed E-state index contributed by atoms with van der Waals surface area (Å²) in [5.74, 6) is -0.509. The Balaban J connectivity index is 2.26. The van der Waals surface area contributed by atoms with Crippen molar-refractivity contribution in [3.63, 3.8) is 0 Å². The molecule has 0 bridgehead atoms. The Labute approximate surface area is 115 Å². The van der Waals surface area contributed by atoms with Crippen LogP contribution in [-0.4, -0.2) is 21.9 Å². The number of amides is 1. The van der Waals surface area contributed by atoms with Gasteiger partial charge in [0.05, 0.1) is 17.4 Å². The van der Waals surface area contributed by atoms with Gasteiger partial charge in [0.15, 0.2) is 0 Å². The minimum atomic E-state index is -0.666. The van der Waals surface area contributed by atoms with Crippen molar-refractivity contribution in [1.82, 2.24) is 9.97 Å². The van der Waals surface area contributed by atoms with Gasteiger partial charge in [0.1, 0.15) is 5.82 Å². The smallest absolute Gasteiger partial charge is 0.241 e. The first-order valence-corrected chi connectivity index (χ1v) is 5.96. The second-order valence-corrected chi connectivity index (χ2v) is 4.17. The molecule has 1 amide bonds. The molecule has 1 atom stereocenters. The lowest BCUT2D eigenvalue weighted by molar-refractivity contribution is -0.117. The van der Waals surface area contributed by atoms with Gasteiger partial charge in [0.2, 0.25) is 11.9 Å². The number of hydrogen-bond donors (Lipinski definition) is 3. The summed E-state index contributed by atoms with van der Waals surface area (Å²) in [5.41, 5.74) is 6.24. The first-order valence-electron chi connectivity index (χ1n) is 5.96. The summed E-state index contributed by atoms with van der Waals surface area (Å²) < 4.78 is 13.3. The minimum absolute atomic E-state index is 0.300. The van der Waals surface area contributed by atoms with E-state index in [-0.39, 0.29) is 5.91 Å². The summed E-state index contributed by atoms with van der Waals surface area (Å²) in [7, 11) is 0. The molecule has 0 fully saturated rings. The summed E-state index contributed by atoms with van der Waals surface area (Å²) in [4.78, 5) is 19.6. The molecule has 0 aliphatic heterocycles. The third-order valence-corrected chi connectivity index (χ3v) is 2.47. The molecule has 4 N–H and O–H groups in total. The highest BCUT2D eigenvalue weighted by Crippen LogP contribution is 2.25. The van der Waals surface area contributed by atoms with Crippen LogP contribution in [-0.2, 0) is 4.79 Å². The number of nitrogens with two attached hydrogens (primary N) is 1. The summed E-state index contributed by atoms with van der Waals surface area (Å²) in [6.45, 7) is 1.56. The van der Waals surface area contributed by atoms with Crippen LogP contribution < -0.4 is 16.4 Å². The fraction of sp³-hybridized carbons (Fsp3) is 0.154. The fourth-order valence-electron chi connectivity index (χ4n) is 1.46. The Kier molecular flexibility index (Phi) is 4.21. The van der Waals surface area contributed by atoms with Crippen molar-refractivity contribution in [3.8, 4) is 0 Å². The maximum absolute atomic E-state index is 13.3. The highest BCUT2D eigenvalue weighted by molar-refractivity contribution is 5.97. The van der Waals surface area contributed by atoms with Crippen LogP contribution in [0.3, 0.4) is 0 Å². The van der Waals surface area contributed by atoms with Gasteiger partial charge in [0, 0.05) is 12.4 Å². The number of carbonyl (C=O) groups is 1. The van der Waals surface area contributed by atoms with Crippen LogP contribution in [0, 0.1) is 5.82 Å². The second-order valence-electron chi connectivity index (χ2n) is 4.17. The predicted molar refractivity (Wildman–Crippen MR) is 74.0 cm³/mol. The van der Waals surface area contributed by atoms with Crippen LogP contribution in [0.2, 0.25) is 0 Å². The molecular formula is C13H14FN5O. The fourth-order valence-corrected chi connectivity index (χ4v) is 1.46. The van der Waals surface area contributed by atoms with E-state index in [4.69, 9.17) is 5.73 Å². The zero-order chi connectivity index (χ0) is 14.5. The highest BCUT2D eigenvalue weighted by Gasteiger charge is 2.12. The first-order chi connectivity index (χ1) is 9.56. The molecule has 0 saturated carbocycles. The van der Waals surface area contributed by atoms with Crippen molar-refractivity contribution >= 4 is 23.2 Å². The summed E-state index contributed by atoms with van der Waals surface area (Å²) in [6.07, 6.45) is 3.10. The van der Waals surface area contributed by atoms with Crippen LogP contribution in [0.1, 0.15) is 6.92 Å². The number of nitrogens with one attached hydrogen (secondary N) is 2. The van der Waals surface area contributed by atoms with Gasteiger partial charge in [-0.2, -0.15) is 0 Å². The summed E-state index contributed by atoms with van der Waals surface area (Å²) in [6, 6.07) is 4.93. The average Bonchev–Trinajstić information content (AvgIpc) is 2.42. The molecule has 20 heavy (non-hydrogen) atoms. The second kappa shape index (κ2) is 6.07. The zero-order valence-corrected chi connectivity index (χ0v) is 10.8. The number of carbonyl (C=O) groups excluding carboxylic acids is 1. The number of hydrogen-bond acceptors (Lipinski definition) is 5. The van der Waals surface area contributed by atoms with Crippen LogP contribution in [0.25, 0.3) is 0 Å². The maximum atomic E-state index is 13.3. The van der Waals surface area contributed by atoms with Gasteiger partial charge in [0.25, 0.3) is 0 Å². The predicted octanol–water partition coefficient (Wildman–Crippen LogP) is 1.64. The third kappa shape index (κ3) is 3.48. The number of rotatable bonds is 4. The maximum Gasteiger partial charge on any atom is 0.241 e. The Morgan fingerprint density at radius 3 is 2.65 bits per heavy atom. The number of halogens is 1. The molecule has 0 spiro atoms. The van der Waals surface area contributed by atoms with E-state index >= 15 is 0 Å². The van der Waals surface area contributed by atoms with Crippen molar-refractivity contribution in [3.05, 3.63) is 42.5 Å². The summed E-state index contributed by atoms with van der Waals surface area (Å²) >= 11 is 0. The summed E-state index contributed by atoms with van der Waals surface area (Å²) in [5, 5.41) is 5.45. The van der Waals surface area contributed by atoms with Crippen LogP contribution >= 0.6 is 0 Å². The molecule has 7 heteroatoms. The molecule has 0 radical (unpaired) electrons. The van der Waals surface area contributed by atoms with E-state index in [1.807, 2.05) is 0 Å². The van der Waals surface area contributed by atoms with Crippen molar-refractivity contribution in [1.29, 1.82) is 0 Å². The number of anilines is 3. The molecule has 1 aromatic carbocycles. The lowest BCUT2D eigenvalue weighted by Crippen LogP contribution is -2.32. The molecule has 6 nitrogen and oxygen atoms in total. The number of aromatic nitrogens is 2. The van der Waals surface area contributed by atoms with Crippen LogP contribution in [0.4, 0.5) is 21.7 Å². The van der Waals surface area contributed by atoms with Gasteiger partial charge in [-0.3, -0.25) is 4.79 Å². The van der Waals surface area contributed by atoms with Crippen molar-refractivity contribution in [2.45, 2.75) is 13.0 Å². The largest absolute Gasteiger partial charge is 0.323 e. The van der Waals surface area contributed by atoms with Gasteiger partial charge in [-0.15, -0.1) is 0 Å². The quantitative estimate of drug-likeness (QED) is 0.788. The molecule has 0 aliphatic carbocycles. The molecule has 1 aromatic heterocycles. The molecule has 0 saturated heterocycles. The van der Waals surface area contributed by atoms with E-state index in [1.165, 1.54) is 18.2 Å². The highest BCUT2D eigenvalue weighted by atomic mass is 19.1. The van der Waals surface area contributed by atoms with Gasteiger partial charge in [-0.05, 0) is 31.2 Å². The van der Waals surface area contributed by atoms with E-state index in [0.29, 0.717) is 17.3 Å². The third-order valence-electron chi connectivity index (χ3n) is 2.47. The van der Waals surface area contributed by atoms with Crippen LogP contribution in [0.15, 0.2) is 36.7 Å². The number of nitrogens with zero attached hydrogens (tertiary/aromatic N) is 2.